The Morgan fingerprint density at radius 3 is 1.24 bits per heavy atom. The van der Waals surface area contributed by atoms with Crippen molar-refractivity contribution in [3.8, 4) is 0 Å². The quantitative estimate of drug-likeness (QED) is 0.0479. The number of quaternary nitrogens is 1. The molecule has 7 heteroatoms. The molecule has 240 valence electrons. The fourth-order valence-electron chi connectivity index (χ4n) is 5.71. The van der Waals surface area contributed by atoms with Crippen LogP contribution in [-0.2, 0) is 14.4 Å². The minimum Gasteiger partial charge on any atom is -0.550 e. The Bertz CT molecular complexity index is 623. The van der Waals surface area contributed by atoms with Gasteiger partial charge in [0.25, 0.3) is 0 Å². The van der Waals surface area contributed by atoms with Crippen LogP contribution in [0, 0.1) is 0 Å². The third-order valence-electron chi connectivity index (χ3n) is 8.20. The molecule has 0 unspecified atom stereocenters. The predicted molar refractivity (Wildman–Crippen MR) is 166 cm³/mol. The molecule has 0 aliphatic rings. The number of carbonyl (C=O) groups is 3. The third kappa shape index (κ3) is 28.0. The summed E-state index contributed by atoms with van der Waals surface area (Å²) in [6.07, 6.45) is 28.6. The fourth-order valence-corrected chi connectivity index (χ4v) is 5.71. The normalized spacial score (nSPS) is 11.8. The number of hydrogen-bond donors (Lipinski definition) is 2. The SMILES string of the molecule is CCCCCCCCCC/C=C/CCCCCCC[N+](CCCCC(=O)[O-])(CCCCC(=O)O)CCCCC(=O)O. The van der Waals surface area contributed by atoms with Gasteiger partial charge in [0.2, 0.25) is 0 Å². The Morgan fingerprint density at radius 1 is 0.512 bits per heavy atom. The van der Waals surface area contributed by atoms with Gasteiger partial charge >= 0.3 is 11.9 Å². The lowest BCUT2D eigenvalue weighted by molar-refractivity contribution is -0.929. The van der Waals surface area contributed by atoms with Crippen molar-refractivity contribution in [1.82, 2.24) is 0 Å². The summed E-state index contributed by atoms with van der Waals surface area (Å²) < 4.78 is 0.841. The van der Waals surface area contributed by atoms with E-state index in [1.807, 2.05) is 0 Å². The van der Waals surface area contributed by atoms with Gasteiger partial charge in [-0.3, -0.25) is 9.59 Å². The topological polar surface area (TPSA) is 115 Å². The summed E-state index contributed by atoms with van der Waals surface area (Å²) in [5.74, 6) is -2.57. The molecule has 0 aromatic heterocycles. The third-order valence-corrected chi connectivity index (χ3v) is 8.20. The first-order chi connectivity index (χ1) is 19.8. The lowest BCUT2D eigenvalue weighted by Gasteiger charge is -2.39. The summed E-state index contributed by atoms with van der Waals surface area (Å²) in [6, 6.07) is 0. The zero-order valence-electron chi connectivity index (χ0n) is 26.4. The van der Waals surface area contributed by atoms with E-state index in [-0.39, 0.29) is 19.3 Å². The predicted octanol–water partition coefficient (Wildman–Crippen LogP) is 7.66. The highest BCUT2D eigenvalue weighted by atomic mass is 16.4. The highest BCUT2D eigenvalue weighted by Gasteiger charge is 2.26. The Morgan fingerprint density at radius 2 is 0.854 bits per heavy atom. The van der Waals surface area contributed by atoms with E-state index in [1.165, 1.54) is 77.0 Å². The molecule has 0 saturated heterocycles. The molecule has 7 nitrogen and oxygen atoms in total. The average molecular weight is 582 g/mol. The lowest BCUT2D eigenvalue weighted by Crippen LogP contribution is -2.51. The summed E-state index contributed by atoms with van der Waals surface area (Å²) in [7, 11) is 0. The maximum atomic E-state index is 11.0. The molecule has 0 aromatic rings. The molecular formula is C34H63NO6. The van der Waals surface area contributed by atoms with Crippen LogP contribution in [0.5, 0.6) is 0 Å². The van der Waals surface area contributed by atoms with Crippen molar-refractivity contribution in [1.29, 1.82) is 0 Å². The van der Waals surface area contributed by atoms with Gasteiger partial charge in [0.05, 0.1) is 26.2 Å². The van der Waals surface area contributed by atoms with Crippen LogP contribution in [0.2, 0.25) is 0 Å². The Labute approximate surface area is 251 Å². The maximum Gasteiger partial charge on any atom is 0.303 e. The van der Waals surface area contributed by atoms with Crippen molar-refractivity contribution in [3.63, 3.8) is 0 Å². The summed E-state index contributed by atoms with van der Waals surface area (Å²) in [5, 5.41) is 29.0. The van der Waals surface area contributed by atoms with Crippen LogP contribution in [0.15, 0.2) is 12.2 Å². The van der Waals surface area contributed by atoms with E-state index < -0.39 is 17.9 Å². The molecule has 0 aliphatic heterocycles. The number of hydrogen-bond acceptors (Lipinski definition) is 4. The van der Waals surface area contributed by atoms with Gasteiger partial charge in [0.15, 0.2) is 0 Å². The average Bonchev–Trinajstić information content (AvgIpc) is 2.93. The summed E-state index contributed by atoms with van der Waals surface area (Å²) in [4.78, 5) is 32.9. The van der Waals surface area contributed by atoms with Gasteiger partial charge in [-0.2, -0.15) is 0 Å². The van der Waals surface area contributed by atoms with Crippen molar-refractivity contribution < 1.29 is 34.2 Å². The van der Waals surface area contributed by atoms with Crippen LogP contribution in [0.25, 0.3) is 0 Å². The smallest absolute Gasteiger partial charge is 0.303 e. The van der Waals surface area contributed by atoms with E-state index in [0.29, 0.717) is 19.3 Å². The number of carboxylic acids is 3. The molecule has 0 radical (unpaired) electrons. The van der Waals surface area contributed by atoms with Crippen LogP contribution >= 0.6 is 0 Å². The fraction of sp³-hybridized carbons (Fsp3) is 0.853. The van der Waals surface area contributed by atoms with Crippen molar-refractivity contribution in [3.05, 3.63) is 12.2 Å². The van der Waals surface area contributed by atoms with E-state index in [1.54, 1.807) is 0 Å². The van der Waals surface area contributed by atoms with E-state index >= 15 is 0 Å². The molecule has 0 amide bonds. The zero-order chi connectivity index (χ0) is 30.4. The van der Waals surface area contributed by atoms with Gasteiger partial charge in [-0.05, 0) is 83.5 Å². The van der Waals surface area contributed by atoms with Crippen molar-refractivity contribution in [2.24, 2.45) is 0 Å². The molecule has 0 atom stereocenters. The number of nitrogens with zero attached hydrogens (tertiary/aromatic N) is 1. The molecule has 0 spiro atoms. The van der Waals surface area contributed by atoms with Crippen molar-refractivity contribution >= 4 is 17.9 Å². The Kier molecular flexibility index (Phi) is 26.9. The molecule has 41 heavy (non-hydrogen) atoms. The second-order valence-electron chi connectivity index (χ2n) is 12.1. The molecule has 0 aliphatic carbocycles. The van der Waals surface area contributed by atoms with Crippen molar-refractivity contribution in [2.45, 2.75) is 161 Å². The number of carboxylic acid groups (broad SMARTS) is 3. The van der Waals surface area contributed by atoms with Gasteiger partial charge < -0.3 is 24.6 Å². The minimum atomic E-state index is -1.02. The Hall–Kier alpha value is -1.89. The minimum absolute atomic E-state index is 0.0611. The number of aliphatic carboxylic acids is 3. The zero-order valence-corrected chi connectivity index (χ0v) is 26.4. The molecular weight excluding hydrogens is 518 g/mol. The van der Waals surface area contributed by atoms with Gasteiger partial charge in [-0.25, -0.2) is 0 Å². The summed E-state index contributed by atoms with van der Waals surface area (Å²) >= 11 is 0. The van der Waals surface area contributed by atoms with Crippen LogP contribution in [0.1, 0.15) is 161 Å². The Balaban J connectivity index is 4.42. The van der Waals surface area contributed by atoms with E-state index in [4.69, 9.17) is 10.2 Å². The summed E-state index contributed by atoms with van der Waals surface area (Å²) in [5.41, 5.74) is 0. The molecule has 0 saturated carbocycles. The van der Waals surface area contributed by atoms with Gasteiger partial charge in [-0.15, -0.1) is 0 Å². The molecule has 2 N–H and O–H groups in total. The molecule has 0 heterocycles. The largest absolute Gasteiger partial charge is 0.550 e. The number of allylic oxidation sites excluding steroid dienone is 2. The highest BCUT2D eigenvalue weighted by molar-refractivity contribution is 5.66. The number of unbranched alkanes of at least 4 members (excludes halogenated alkanes) is 16. The second kappa shape index (κ2) is 28.2. The standard InChI is InChI=1S/C34H63NO6/c1-2-3-4-5-6-7-8-9-10-11-12-13-14-15-16-17-21-28-35(29-22-18-25-32(36)37,30-23-19-26-33(38)39)31-24-20-27-34(40)41/h11-12H,2-10,13-31H2,1H3,(H2-,36,37,38,39,40,41)/b12-11+. The maximum absolute atomic E-state index is 11.0. The number of carbonyl (C=O) groups excluding carboxylic acids is 1. The first-order valence-electron chi connectivity index (χ1n) is 16.9. The first-order valence-corrected chi connectivity index (χ1v) is 16.9. The lowest BCUT2D eigenvalue weighted by atomic mass is 10.1. The summed E-state index contributed by atoms with van der Waals surface area (Å²) in [6.45, 7) is 5.85. The van der Waals surface area contributed by atoms with Gasteiger partial charge in [0.1, 0.15) is 0 Å². The second-order valence-corrected chi connectivity index (χ2v) is 12.1. The van der Waals surface area contributed by atoms with Gasteiger partial charge in [-0.1, -0.05) is 76.9 Å². The van der Waals surface area contributed by atoms with Crippen LogP contribution < -0.4 is 5.11 Å². The van der Waals surface area contributed by atoms with Gasteiger partial charge in [0, 0.05) is 18.8 Å². The van der Waals surface area contributed by atoms with E-state index in [2.05, 4.69) is 19.1 Å². The van der Waals surface area contributed by atoms with E-state index in [9.17, 15) is 19.5 Å². The van der Waals surface area contributed by atoms with E-state index in [0.717, 1.165) is 69.2 Å². The monoisotopic (exact) mass is 581 g/mol. The number of rotatable bonds is 32. The highest BCUT2D eigenvalue weighted by Crippen LogP contribution is 2.19. The molecule has 0 fully saturated rings. The van der Waals surface area contributed by atoms with Crippen molar-refractivity contribution in [2.75, 3.05) is 26.2 Å². The molecule has 0 bridgehead atoms. The van der Waals surface area contributed by atoms with Crippen LogP contribution in [0.3, 0.4) is 0 Å². The van der Waals surface area contributed by atoms with Crippen LogP contribution in [-0.4, -0.2) is 58.8 Å². The molecule has 0 aromatic carbocycles. The molecule has 0 rings (SSSR count). The van der Waals surface area contributed by atoms with Crippen LogP contribution in [0.4, 0.5) is 0 Å². The first kappa shape index (κ1) is 39.1.